The third kappa shape index (κ3) is 7.51. The maximum absolute atomic E-state index is 13.0. The third-order valence-electron chi connectivity index (χ3n) is 6.20. The zero-order valence-corrected chi connectivity index (χ0v) is 23.3. The number of carbonyl (C=O) groups excluding carboxylic acids is 1. The van der Waals surface area contributed by atoms with Gasteiger partial charge in [-0.25, -0.2) is 9.48 Å². The van der Waals surface area contributed by atoms with E-state index in [-0.39, 0.29) is 23.9 Å². The van der Waals surface area contributed by atoms with Gasteiger partial charge in [0, 0.05) is 42.8 Å². The van der Waals surface area contributed by atoms with Gasteiger partial charge in [-0.15, -0.1) is 0 Å². The Morgan fingerprint density at radius 3 is 2.55 bits per heavy atom. The summed E-state index contributed by atoms with van der Waals surface area (Å²) in [7, 11) is 0. The Morgan fingerprint density at radius 1 is 1.15 bits per heavy atom. The molecule has 0 saturated carbocycles. The van der Waals surface area contributed by atoms with E-state index >= 15 is 0 Å². The monoisotopic (exact) mass is 543 g/mol. The predicted molar refractivity (Wildman–Crippen MR) is 157 cm³/mol. The van der Waals surface area contributed by atoms with Crippen LogP contribution in [0, 0.1) is 0 Å². The van der Waals surface area contributed by atoms with E-state index in [1.54, 1.807) is 10.8 Å². The molecule has 40 heavy (non-hydrogen) atoms. The van der Waals surface area contributed by atoms with E-state index in [0.717, 1.165) is 16.9 Å². The Hall–Kier alpha value is -4.57. The van der Waals surface area contributed by atoms with Crippen LogP contribution in [0.2, 0.25) is 0 Å². The van der Waals surface area contributed by atoms with Crippen molar-refractivity contribution >= 4 is 17.7 Å². The van der Waals surface area contributed by atoms with Crippen LogP contribution in [0.3, 0.4) is 0 Å². The highest BCUT2D eigenvalue weighted by atomic mass is 16.5. The van der Waals surface area contributed by atoms with Gasteiger partial charge in [0.1, 0.15) is 17.4 Å². The van der Waals surface area contributed by atoms with Gasteiger partial charge < -0.3 is 25.4 Å². The summed E-state index contributed by atoms with van der Waals surface area (Å²) >= 11 is 0. The van der Waals surface area contributed by atoms with Crippen molar-refractivity contribution in [1.29, 1.82) is 0 Å². The van der Waals surface area contributed by atoms with Crippen molar-refractivity contribution in [3.8, 4) is 11.4 Å². The summed E-state index contributed by atoms with van der Waals surface area (Å²) in [5.74, 6) is 1.97. The number of anilines is 1. The van der Waals surface area contributed by atoms with Crippen LogP contribution >= 0.6 is 0 Å². The smallest absolute Gasteiger partial charge is 0.320 e. The van der Waals surface area contributed by atoms with Gasteiger partial charge in [-0.05, 0) is 24.4 Å². The number of nitrogens with zero attached hydrogens (tertiary/aromatic N) is 4. The lowest BCUT2D eigenvalue weighted by atomic mass is 9.92. The largest absolute Gasteiger partial charge is 0.439 e. The quantitative estimate of drug-likeness (QED) is 0.283. The van der Waals surface area contributed by atoms with Crippen molar-refractivity contribution in [3.05, 3.63) is 96.6 Å². The van der Waals surface area contributed by atoms with Crippen molar-refractivity contribution in [1.82, 2.24) is 20.0 Å². The number of nitrogens with one attached hydrogen (secondary N) is 2. The number of hydrogen-bond donors (Lipinski definition) is 3. The molecule has 10 heteroatoms. The maximum Gasteiger partial charge on any atom is 0.320 e. The van der Waals surface area contributed by atoms with Gasteiger partial charge in [-0.3, -0.25) is 5.32 Å². The lowest BCUT2D eigenvalue weighted by Gasteiger charge is -2.28. The first-order valence-electron chi connectivity index (χ1n) is 13.2. The number of morpholine rings is 1. The molecule has 0 spiro atoms. The van der Waals surface area contributed by atoms with Crippen LogP contribution in [0.1, 0.15) is 32.0 Å². The molecular weight excluding hydrogens is 506 g/mol. The van der Waals surface area contributed by atoms with Crippen molar-refractivity contribution in [2.45, 2.75) is 32.7 Å². The van der Waals surface area contributed by atoms with E-state index in [1.807, 2.05) is 65.6 Å². The Labute approximate surface area is 235 Å². The number of benzene rings is 2. The minimum absolute atomic E-state index is 0.187. The van der Waals surface area contributed by atoms with Crippen molar-refractivity contribution in [2.24, 2.45) is 10.7 Å². The Kier molecular flexibility index (Phi) is 9.23. The molecule has 2 aromatic carbocycles. The number of aliphatic imine (C=N–C) groups is 1. The molecule has 1 aliphatic heterocycles. The standard InChI is InChI=1S/C30H37N7O3/c1-22(36-16-18-39-19-17-36)33-28(14-15-31)40-25-13-9-8-10-23(25)21-32-29(38)34-27-20-26(30(2,3)4)35-37(27)24-11-6-5-7-12-24/h5-15,20H,1,16-19,21,31H2,2-4H3,(H2,32,34,38)/b15-14-,33-28?. The van der Waals surface area contributed by atoms with Gasteiger partial charge in [-0.2, -0.15) is 10.1 Å². The molecule has 1 fully saturated rings. The van der Waals surface area contributed by atoms with Gasteiger partial charge in [0.15, 0.2) is 0 Å². The molecule has 0 aliphatic carbocycles. The van der Waals surface area contributed by atoms with Crippen LogP contribution < -0.4 is 21.1 Å². The molecule has 4 rings (SSSR count). The lowest BCUT2D eigenvalue weighted by molar-refractivity contribution is 0.0533. The minimum Gasteiger partial charge on any atom is -0.439 e. The second kappa shape index (κ2) is 13.0. The number of hydrogen-bond acceptors (Lipinski definition) is 7. The molecule has 0 unspecified atom stereocenters. The highest BCUT2D eigenvalue weighted by molar-refractivity contribution is 5.90. The fourth-order valence-corrected chi connectivity index (χ4v) is 4.00. The van der Waals surface area contributed by atoms with E-state index < -0.39 is 0 Å². The van der Waals surface area contributed by atoms with Crippen LogP contribution in [0.4, 0.5) is 10.6 Å². The highest BCUT2D eigenvalue weighted by Crippen LogP contribution is 2.26. The highest BCUT2D eigenvalue weighted by Gasteiger charge is 2.21. The van der Waals surface area contributed by atoms with Crippen molar-refractivity contribution < 1.29 is 14.3 Å². The summed E-state index contributed by atoms with van der Waals surface area (Å²) in [4.78, 5) is 19.6. The summed E-state index contributed by atoms with van der Waals surface area (Å²) in [6.07, 6.45) is 2.93. The van der Waals surface area contributed by atoms with Crippen LogP contribution in [0.25, 0.3) is 5.69 Å². The molecule has 0 atom stereocenters. The predicted octanol–water partition coefficient (Wildman–Crippen LogP) is 4.54. The maximum atomic E-state index is 13.0. The molecule has 0 radical (unpaired) electrons. The topological polar surface area (TPSA) is 119 Å². The third-order valence-corrected chi connectivity index (χ3v) is 6.20. The molecule has 2 amide bonds. The average Bonchev–Trinajstić information content (AvgIpc) is 3.38. The lowest BCUT2D eigenvalue weighted by Crippen LogP contribution is -2.35. The van der Waals surface area contributed by atoms with E-state index in [4.69, 9.17) is 20.3 Å². The van der Waals surface area contributed by atoms with Crippen molar-refractivity contribution in [2.75, 3.05) is 31.6 Å². The zero-order valence-electron chi connectivity index (χ0n) is 23.3. The fourth-order valence-electron chi connectivity index (χ4n) is 4.00. The van der Waals surface area contributed by atoms with Crippen LogP contribution in [-0.2, 0) is 16.7 Å². The fraction of sp³-hybridized carbons (Fsp3) is 0.300. The first-order chi connectivity index (χ1) is 19.2. The van der Waals surface area contributed by atoms with E-state index in [0.29, 0.717) is 43.7 Å². The molecule has 1 aromatic heterocycles. The number of urea groups is 1. The zero-order chi connectivity index (χ0) is 28.5. The molecule has 10 nitrogen and oxygen atoms in total. The number of carbonyl (C=O) groups is 1. The van der Waals surface area contributed by atoms with E-state index in [9.17, 15) is 4.79 Å². The van der Waals surface area contributed by atoms with E-state index in [2.05, 4.69) is 43.0 Å². The summed E-state index contributed by atoms with van der Waals surface area (Å²) in [6.45, 7) is 13.2. The van der Waals surface area contributed by atoms with Crippen LogP contribution in [0.5, 0.6) is 5.75 Å². The van der Waals surface area contributed by atoms with Gasteiger partial charge in [0.25, 0.3) is 0 Å². The molecule has 210 valence electrons. The Balaban J connectivity index is 1.46. The number of amides is 2. The molecular formula is C30H37N7O3. The molecule has 1 saturated heterocycles. The summed E-state index contributed by atoms with van der Waals surface area (Å²) in [5, 5.41) is 10.6. The first kappa shape index (κ1) is 28.4. The van der Waals surface area contributed by atoms with Gasteiger partial charge in [-0.1, -0.05) is 63.7 Å². The number of rotatable bonds is 8. The minimum atomic E-state index is -0.371. The molecule has 0 bridgehead atoms. The second-order valence-electron chi connectivity index (χ2n) is 10.3. The summed E-state index contributed by atoms with van der Waals surface area (Å²) < 4.78 is 13.2. The SMILES string of the molecule is C=C(N=C(/C=C\N)Oc1ccccc1CNC(=O)Nc1cc(C(C)(C)C)nn1-c1ccccc1)N1CCOCC1. The first-order valence-corrected chi connectivity index (χ1v) is 13.2. The normalized spacial score (nSPS) is 14.3. The molecule has 3 aromatic rings. The van der Waals surface area contributed by atoms with Crippen LogP contribution in [0.15, 0.2) is 90.3 Å². The van der Waals surface area contributed by atoms with Crippen LogP contribution in [-0.4, -0.2) is 52.9 Å². The molecule has 1 aliphatic rings. The van der Waals surface area contributed by atoms with E-state index in [1.165, 1.54) is 6.20 Å². The number of ether oxygens (including phenoxy) is 2. The Bertz CT molecular complexity index is 1370. The van der Waals surface area contributed by atoms with Gasteiger partial charge in [0.05, 0.1) is 24.6 Å². The van der Waals surface area contributed by atoms with Gasteiger partial charge in [0.2, 0.25) is 5.90 Å². The van der Waals surface area contributed by atoms with Crippen molar-refractivity contribution in [3.63, 3.8) is 0 Å². The average molecular weight is 544 g/mol. The number of nitrogens with two attached hydrogens (primary N) is 1. The molecule has 4 N–H and O–H groups in total. The van der Waals surface area contributed by atoms with Gasteiger partial charge >= 0.3 is 6.03 Å². The second-order valence-corrected chi connectivity index (χ2v) is 10.3. The Morgan fingerprint density at radius 2 is 1.85 bits per heavy atom. The number of para-hydroxylation sites is 2. The summed E-state index contributed by atoms with van der Waals surface area (Å²) in [5.41, 5.74) is 7.95. The number of aromatic nitrogens is 2. The summed E-state index contributed by atoms with van der Waals surface area (Å²) in [6, 6.07) is 18.6. The molecule has 2 heterocycles.